The van der Waals surface area contributed by atoms with Crippen molar-refractivity contribution in [3.8, 4) is 11.3 Å². The van der Waals surface area contributed by atoms with Crippen LogP contribution < -0.4 is 10.6 Å². The number of rotatable bonds is 4. The van der Waals surface area contributed by atoms with Crippen LogP contribution in [0.2, 0.25) is 0 Å². The molecule has 2 aromatic carbocycles. The number of aliphatic imine (C=N–C) groups is 1. The van der Waals surface area contributed by atoms with E-state index in [4.69, 9.17) is 5.11 Å². The molecule has 7 nitrogen and oxygen atoms in total. The number of hydrogen-bond acceptors (Lipinski definition) is 3. The van der Waals surface area contributed by atoms with E-state index >= 15 is 0 Å². The molecule has 0 aliphatic rings. The van der Waals surface area contributed by atoms with Gasteiger partial charge in [0.1, 0.15) is 5.82 Å². The van der Waals surface area contributed by atoms with Gasteiger partial charge in [-0.3, -0.25) is 9.89 Å². The van der Waals surface area contributed by atoms with E-state index in [9.17, 15) is 13.6 Å². The Balaban J connectivity index is 1.84. The Hall–Kier alpha value is -3.59. The van der Waals surface area contributed by atoms with E-state index in [1.165, 1.54) is 6.07 Å². The first-order valence-electron chi connectivity index (χ1n) is 9.53. The molecule has 0 saturated heterocycles. The molecule has 3 aromatic rings. The molecule has 1 aromatic heterocycles. The third-order valence-corrected chi connectivity index (χ3v) is 4.14. The smallest absolute Gasteiger partial charge is 0.280 e. The molecule has 162 valence electrons. The minimum absolute atomic E-state index is 0.0437. The quantitative estimate of drug-likeness (QED) is 0.374. The number of guanidine groups is 1. The van der Waals surface area contributed by atoms with E-state index in [-0.39, 0.29) is 18.1 Å². The van der Waals surface area contributed by atoms with Gasteiger partial charge in [0.05, 0.1) is 12.3 Å². The van der Waals surface area contributed by atoms with Gasteiger partial charge in [0, 0.05) is 22.7 Å². The molecule has 3 rings (SSSR count). The highest BCUT2D eigenvalue weighted by molar-refractivity contribution is 6.06. The van der Waals surface area contributed by atoms with Crippen LogP contribution in [-0.2, 0) is 6.61 Å². The molecule has 0 bridgehead atoms. The highest BCUT2D eigenvalue weighted by atomic mass is 19.2. The number of carbonyl (C=O) groups excluding carboxylic acids is 1. The molecule has 0 fully saturated rings. The molecule has 31 heavy (non-hydrogen) atoms. The summed E-state index contributed by atoms with van der Waals surface area (Å²) in [7, 11) is 0. The van der Waals surface area contributed by atoms with Gasteiger partial charge in [-0.2, -0.15) is 10.1 Å². The van der Waals surface area contributed by atoms with Crippen molar-refractivity contribution in [1.82, 2.24) is 15.5 Å². The van der Waals surface area contributed by atoms with Crippen molar-refractivity contribution in [3.63, 3.8) is 0 Å². The van der Waals surface area contributed by atoms with Crippen LogP contribution in [0.4, 0.5) is 14.6 Å². The summed E-state index contributed by atoms with van der Waals surface area (Å²) in [5.74, 6) is -2.31. The second-order valence-electron chi connectivity index (χ2n) is 7.92. The normalized spacial score (nSPS) is 12.0. The summed E-state index contributed by atoms with van der Waals surface area (Å²) in [6.07, 6.45) is 0. The van der Waals surface area contributed by atoms with Crippen LogP contribution in [0.1, 0.15) is 36.7 Å². The Morgan fingerprint density at radius 1 is 1.10 bits per heavy atom. The largest absolute Gasteiger partial charge is 0.392 e. The molecule has 0 atom stereocenters. The maximum atomic E-state index is 13.5. The topological polar surface area (TPSA) is 102 Å². The van der Waals surface area contributed by atoms with Crippen molar-refractivity contribution in [2.45, 2.75) is 32.9 Å². The number of benzene rings is 2. The number of nitrogens with zero attached hydrogens (tertiary/aromatic N) is 2. The van der Waals surface area contributed by atoms with Crippen molar-refractivity contribution in [3.05, 3.63) is 71.3 Å². The Morgan fingerprint density at radius 2 is 1.81 bits per heavy atom. The fraction of sp³-hybridized carbons (Fsp3) is 0.227. The first-order chi connectivity index (χ1) is 14.6. The van der Waals surface area contributed by atoms with Gasteiger partial charge in [-0.25, -0.2) is 8.78 Å². The maximum absolute atomic E-state index is 13.5. The predicted molar refractivity (Wildman–Crippen MR) is 115 cm³/mol. The third-order valence-electron chi connectivity index (χ3n) is 4.14. The summed E-state index contributed by atoms with van der Waals surface area (Å²) in [6.45, 7) is 5.60. The number of H-pyrrole nitrogens is 1. The molecule has 9 heteroatoms. The van der Waals surface area contributed by atoms with Crippen molar-refractivity contribution >= 4 is 17.7 Å². The van der Waals surface area contributed by atoms with Crippen LogP contribution >= 0.6 is 0 Å². The van der Waals surface area contributed by atoms with Gasteiger partial charge < -0.3 is 15.7 Å². The molecule has 0 aliphatic carbocycles. The van der Waals surface area contributed by atoms with Crippen molar-refractivity contribution in [2.75, 3.05) is 5.32 Å². The van der Waals surface area contributed by atoms with Gasteiger partial charge in [-0.15, -0.1) is 0 Å². The van der Waals surface area contributed by atoms with Gasteiger partial charge in [0.2, 0.25) is 5.96 Å². The van der Waals surface area contributed by atoms with Crippen LogP contribution in [0.25, 0.3) is 11.3 Å². The lowest BCUT2D eigenvalue weighted by atomic mass is 10.1. The third kappa shape index (κ3) is 5.95. The monoisotopic (exact) mass is 427 g/mol. The molecule has 0 aliphatic heterocycles. The van der Waals surface area contributed by atoms with Crippen LogP contribution in [0, 0.1) is 11.6 Å². The van der Waals surface area contributed by atoms with Gasteiger partial charge in [-0.05, 0) is 44.5 Å². The number of amides is 1. The van der Waals surface area contributed by atoms with Crippen molar-refractivity contribution in [2.24, 2.45) is 4.99 Å². The van der Waals surface area contributed by atoms with E-state index in [2.05, 4.69) is 25.8 Å². The number of anilines is 1. The number of carbonyl (C=O) groups is 1. The molecule has 0 radical (unpaired) electrons. The minimum atomic E-state index is -1.12. The molecular weight excluding hydrogens is 404 g/mol. The first kappa shape index (κ1) is 22.1. The first-order valence-corrected chi connectivity index (χ1v) is 9.53. The average molecular weight is 427 g/mol. The lowest BCUT2D eigenvalue weighted by molar-refractivity contribution is 0.100. The zero-order chi connectivity index (χ0) is 22.6. The highest BCUT2D eigenvalue weighted by Gasteiger charge is 2.17. The molecule has 4 N–H and O–H groups in total. The summed E-state index contributed by atoms with van der Waals surface area (Å²) >= 11 is 0. The number of hydrogen-bond donors (Lipinski definition) is 4. The average Bonchev–Trinajstić information content (AvgIpc) is 3.17. The number of aliphatic hydroxyl groups excluding tert-OH is 1. The number of aromatic amines is 1. The fourth-order valence-electron chi connectivity index (χ4n) is 2.68. The van der Waals surface area contributed by atoms with E-state index in [1.807, 2.05) is 32.9 Å². The maximum Gasteiger partial charge on any atom is 0.280 e. The molecule has 0 spiro atoms. The Morgan fingerprint density at radius 3 is 2.42 bits per heavy atom. The summed E-state index contributed by atoms with van der Waals surface area (Å²) in [6, 6.07) is 11.9. The van der Waals surface area contributed by atoms with Gasteiger partial charge in [-0.1, -0.05) is 24.3 Å². The van der Waals surface area contributed by atoms with Gasteiger partial charge in [0.25, 0.3) is 5.91 Å². The number of nitrogens with one attached hydrogen (secondary N) is 3. The molecule has 1 heterocycles. The minimum Gasteiger partial charge on any atom is -0.392 e. The standard InChI is InChI=1S/C22H23F2N5O2/c1-22(2,3)27-21(26-20(31)15-8-9-16(23)17(24)10-15)25-19-11-18(28-29-19)14-6-4-13(12-30)5-7-14/h4-11,30H,12H2,1-3H3,(H3,25,26,27,28,29,31). The van der Waals surface area contributed by atoms with Gasteiger partial charge >= 0.3 is 0 Å². The van der Waals surface area contributed by atoms with Crippen LogP contribution in [-0.4, -0.2) is 32.7 Å². The molecular formula is C22H23F2N5O2. The van der Waals surface area contributed by atoms with Crippen molar-refractivity contribution < 1.29 is 18.7 Å². The molecule has 0 saturated carbocycles. The lowest BCUT2D eigenvalue weighted by Gasteiger charge is -2.23. The second kappa shape index (κ2) is 9.05. The number of aromatic nitrogens is 2. The van der Waals surface area contributed by atoms with Crippen LogP contribution in [0.5, 0.6) is 0 Å². The number of halogens is 2. The summed E-state index contributed by atoms with van der Waals surface area (Å²) in [5, 5.41) is 22.3. The summed E-state index contributed by atoms with van der Waals surface area (Å²) < 4.78 is 26.6. The Labute approximate surface area is 178 Å². The summed E-state index contributed by atoms with van der Waals surface area (Å²) in [4.78, 5) is 16.5. The Kier molecular flexibility index (Phi) is 6.45. The van der Waals surface area contributed by atoms with E-state index < -0.39 is 23.1 Å². The summed E-state index contributed by atoms with van der Waals surface area (Å²) in [5.41, 5.74) is 1.75. The number of aliphatic hydroxyl groups is 1. The van der Waals surface area contributed by atoms with Crippen molar-refractivity contribution in [1.29, 1.82) is 0 Å². The molecule has 0 unspecified atom stereocenters. The van der Waals surface area contributed by atoms with E-state index in [0.29, 0.717) is 11.5 Å². The zero-order valence-corrected chi connectivity index (χ0v) is 17.3. The predicted octanol–water partition coefficient (Wildman–Crippen LogP) is 3.84. The van der Waals surface area contributed by atoms with Crippen LogP contribution in [0.3, 0.4) is 0 Å². The van der Waals surface area contributed by atoms with E-state index in [1.54, 1.807) is 18.2 Å². The lowest BCUT2D eigenvalue weighted by Crippen LogP contribution is -2.44. The molecule has 1 amide bonds. The SMILES string of the molecule is CC(C)(C)N/C(=N/C(=O)c1ccc(F)c(F)c1)Nc1cc(-c2ccc(CO)cc2)n[nH]1. The second-order valence-corrected chi connectivity index (χ2v) is 7.92. The van der Waals surface area contributed by atoms with E-state index in [0.717, 1.165) is 23.3 Å². The highest BCUT2D eigenvalue weighted by Crippen LogP contribution is 2.20. The van der Waals surface area contributed by atoms with Gasteiger partial charge in [0.15, 0.2) is 11.6 Å². The fourth-order valence-corrected chi connectivity index (χ4v) is 2.68. The Bertz CT molecular complexity index is 1100. The van der Waals surface area contributed by atoms with Crippen LogP contribution in [0.15, 0.2) is 53.5 Å². The zero-order valence-electron chi connectivity index (χ0n) is 17.3.